The summed E-state index contributed by atoms with van der Waals surface area (Å²) in [7, 11) is -8.20. The highest BCUT2D eigenvalue weighted by Gasteiger charge is 2.24. The molecule has 0 amide bonds. The topological polar surface area (TPSA) is 196 Å². The SMILES string of the molecule is Cc1ccc2nc(-c3ccc(-c4nc5ccc(C)cc5nc4-c4nc5ccccc5n4CCCCS(=O)(=O)O)cc3)c(-c3nc4ccccc4n3CCCCS(=O)(=O)O)nc2c1. The van der Waals surface area contributed by atoms with Gasteiger partial charge in [0.15, 0.2) is 11.6 Å². The van der Waals surface area contributed by atoms with Gasteiger partial charge in [0, 0.05) is 24.2 Å². The third-order valence-corrected chi connectivity index (χ3v) is 12.5. The summed E-state index contributed by atoms with van der Waals surface area (Å²) >= 11 is 0. The van der Waals surface area contributed by atoms with Crippen molar-refractivity contribution in [1.29, 1.82) is 0 Å². The van der Waals surface area contributed by atoms with Gasteiger partial charge in [-0.05, 0) is 99.2 Å². The number of aromatic nitrogens is 8. The van der Waals surface area contributed by atoms with Gasteiger partial charge in [0.25, 0.3) is 20.2 Å². The van der Waals surface area contributed by atoms with E-state index in [0.717, 1.165) is 44.3 Å². The van der Waals surface area contributed by atoms with Crippen molar-refractivity contribution in [3.05, 3.63) is 120 Å². The van der Waals surface area contributed by atoms with Crippen LogP contribution in [0.25, 0.3) is 89.7 Å². The monoisotopic (exact) mass is 866 g/mol. The zero-order valence-corrected chi connectivity index (χ0v) is 35.6. The maximum atomic E-state index is 11.5. The van der Waals surface area contributed by atoms with E-state index in [1.54, 1.807) is 0 Å². The highest BCUT2D eigenvalue weighted by atomic mass is 32.2. The van der Waals surface area contributed by atoms with Gasteiger partial charge in [-0.1, -0.05) is 60.7 Å². The molecule has 16 heteroatoms. The van der Waals surface area contributed by atoms with Gasteiger partial charge in [-0.2, -0.15) is 16.8 Å². The Hall–Kier alpha value is -6.46. The number of benzene rings is 5. The van der Waals surface area contributed by atoms with Gasteiger partial charge in [-0.15, -0.1) is 0 Å². The number of hydrogen-bond donors (Lipinski definition) is 2. The first-order valence-corrected chi connectivity index (χ1v) is 23.5. The Labute approximate surface area is 357 Å². The van der Waals surface area contributed by atoms with E-state index >= 15 is 0 Å². The highest BCUT2D eigenvalue weighted by molar-refractivity contribution is 7.86. The van der Waals surface area contributed by atoms with Crippen LogP contribution in [0.5, 0.6) is 0 Å². The number of unbranched alkanes of at least 4 members (excludes halogenated alkanes) is 2. The van der Waals surface area contributed by atoms with Gasteiger partial charge in [0.1, 0.15) is 22.8 Å². The fourth-order valence-corrected chi connectivity index (χ4v) is 9.04. The van der Waals surface area contributed by atoms with Crippen LogP contribution in [0.1, 0.15) is 36.8 Å². The number of nitrogens with zero attached hydrogens (tertiary/aromatic N) is 8. The summed E-state index contributed by atoms with van der Waals surface area (Å²) in [6, 6.07) is 35.3. The van der Waals surface area contributed by atoms with E-state index in [1.165, 1.54) is 0 Å². The molecule has 0 saturated heterocycles. The van der Waals surface area contributed by atoms with Gasteiger partial charge in [-0.3, -0.25) is 9.11 Å². The number of aryl methyl sites for hydroxylation is 4. The largest absolute Gasteiger partial charge is 0.323 e. The lowest BCUT2D eigenvalue weighted by Crippen LogP contribution is -2.08. The van der Waals surface area contributed by atoms with Crippen molar-refractivity contribution in [2.75, 3.05) is 11.5 Å². The van der Waals surface area contributed by atoms with Gasteiger partial charge < -0.3 is 9.13 Å². The minimum atomic E-state index is -4.10. The number of para-hydroxylation sites is 4. The van der Waals surface area contributed by atoms with Gasteiger partial charge in [-0.25, -0.2) is 29.9 Å². The predicted molar refractivity (Wildman–Crippen MR) is 242 cm³/mol. The smallest absolute Gasteiger partial charge is 0.264 e. The summed E-state index contributed by atoms with van der Waals surface area (Å²) in [5.74, 6) is 0.503. The van der Waals surface area contributed by atoms with Crippen molar-refractivity contribution in [2.24, 2.45) is 0 Å². The second kappa shape index (κ2) is 16.4. The first-order valence-electron chi connectivity index (χ1n) is 20.3. The predicted octanol–water partition coefficient (Wildman–Crippen LogP) is 8.89. The average molecular weight is 867 g/mol. The molecule has 62 heavy (non-hydrogen) atoms. The molecule has 0 saturated carbocycles. The third kappa shape index (κ3) is 8.54. The first-order chi connectivity index (χ1) is 29.8. The van der Waals surface area contributed by atoms with Crippen LogP contribution in [-0.2, 0) is 33.3 Å². The summed E-state index contributed by atoms with van der Waals surface area (Å²) in [6.07, 6.45) is 1.49. The van der Waals surface area contributed by atoms with Gasteiger partial charge in [0.05, 0.1) is 55.6 Å². The Bertz CT molecular complexity index is 3180. The lowest BCUT2D eigenvalue weighted by molar-refractivity contribution is 0.476. The van der Waals surface area contributed by atoms with E-state index in [4.69, 9.17) is 29.9 Å². The van der Waals surface area contributed by atoms with Gasteiger partial charge >= 0.3 is 0 Å². The molecule has 14 nitrogen and oxygen atoms in total. The zero-order chi connectivity index (χ0) is 43.2. The molecule has 0 aliphatic carbocycles. The molecule has 9 rings (SSSR count). The van der Waals surface area contributed by atoms with Crippen LogP contribution in [0.3, 0.4) is 0 Å². The molecule has 0 radical (unpaired) electrons. The molecule has 0 fully saturated rings. The minimum Gasteiger partial charge on any atom is -0.323 e. The van der Waals surface area contributed by atoms with Crippen LogP contribution < -0.4 is 0 Å². The van der Waals surface area contributed by atoms with Crippen LogP contribution in [0.15, 0.2) is 109 Å². The van der Waals surface area contributed by atoms with E-state index in [1.807, 2.05) is 132 Å². The van der Waals surface area contributed by atoms with Crippen molar-refractivity contribution in [3.63, 3.8) is 0 Å². The molecule has 2 N–H and O–H groups in total. The van der Waals surface area contributed by atoms with Crippen molar-refractivity contribution in [3.8, 4) is 45.6 Å². The first kappa shape index (κ1) is 40.9. The van der Waals surface area contributed by atoms with Crippen molar-refractivity contribution in [2.45, 2.75) is 52.6 Å². The summed E-state index contributed by atoms with van der Waals surface area (Å²) in [5, 5.41) is 0. The Kier molecular flexibility index (Phi) is 10.8. The molecule has 0 atom stereocenters. The fourth-order valence-electron chi connectivity index (χ4n) is 7.90. The van der Waals surface area contributed by atoms with Crippen LogP contribution in [0.4, 0.5) is 0 Å². The number of imidazole rings is 2. The lowest BCUT2D eigenvalue weighted by Gasteiger charge is -2.15. The summed E-state index contributed by atoms with van der Waals surface area (Å²) in [4.78, 5) is 30.9. The summed E-state index contributed by atoms with van der Waals surface area (Å²) in [5.41, 5.74) is 12.0. The molecular formula is C46H42N8O6S2. The molecule has 9 aromatic rings. The molecule has 0 unspecified atom stereocenters. The van der Waals surface area contributed by atoms with Crippen LogP contribution in [0.2, 0.25) is 0 Å². The number of hydrogen-bond acceptors (Lipinski definition) is 10. The maximum Gasteiger partial charge on any atom is 0.264 e. The molecule has 0 aliphatic heterocycles. The van der Waals surface area contributed by atoms with E-state index in [2.05, 4.69) is 0 Å². The standard InChI is InChI=1S/C46H42N8O6S2/c1-29-15-21-33-37(27-29)49-43(45-51-35-11-3-5-13-39(35)53(45)23-7-9-25-61(55,56)57)41(47-33)31-17-19-32(20-18-31)42-44(50-38-28-30(2)16-22-34(38)48-42)46-52-36-12-4-6-14-40(36)54(46)24-8-10-26-62(58,59)60/h3-6,11-22,27-28H,7-10,23-26H2,1-2H3,(H,55,56,57)(H,58,59,60). The van der Waals surface area contributed by atoms with E-state index in [0.29, 0.717) is 82.4 Å². The van der Waals surface area contributed by atoms with Gasteiger partial charge in [0.2, 0.25) is 0 Å². The van der Waals surface area contributed by atoms with Crippen molar-refractivity contribution >= 4 is 64.4 Å². The minimum absolute atomic E-state index is 0.269. The normalized spacial score (nSPS) is 12.3. The van der Waals surface area contributed by atoms with Crippen molar-refractivity contribution in [1.82, 2.24) is 39.0 Å². The quantitative estimate of drug-likeness (QED) is 0.0779. The maximum absolute atomic E-state index is 11.5. The van der Waals surface area contributed by atoms with Crippen LogP contribution in [0, 0.1) is 13.8 Å². The molecule has 314 valence electrons. The third-order valence-electron chi connectivity index (χ3n) is 10.9. The van der Waals surface area contributed by atoms with E-state index in [9.17, 15) is 25.9 Å². The Morgan fingerprint density at radius 3 is 1.23 bits per heavy atom. The highest BCUT2D eigenvalue weighted by Crippen LogP contribution is 2.37. The molecule has 4 heterocycles. The number of fused-ring (bicyclic) bond motifs is 4. The van der Waals surface area contributed by atoms with Crippen LogP contribution >= 0.6 is 0 Å². The second-order valence-corrected chi connectivity index (χ2v) is 18.7. The Morgan fingerprint density at radius 1 is 0.435 bits per heavy atom. The summed E-state index contributed by atoms with van der Waals surface area (Å²) < 4.78 is 69.0. The molecule has 0 bridgehead atoms. The Morgan fingerprint density at radius 2 is 0.823 bits per heavy atom. The van der Waals surface area contributed by atoms with Crippen LogP contribution in [-0.4, -0.2) is 76.5 Å². The molecular weight excluding hydrogens is 825 g/mol. The fraction of sp³-hybridized carbons (Fsp3) is 0.217. The Balaban J connectivity index is 1.17. The number of rotatable bonds is 14. The zero-order valence-electron chi connectivity index (χ0n) is 34.0. The van der Waals surface area contributed by atoms with E-state index in [-0.39, 0.29) is 24.3 Å². The molecule has 4 aromatic heterocycles. The van der Waals surface area contributed by atoms with Crippen molar-refractivity contribution < 1.29 is 25.9 Å². The lowest BCUT2D eigenvalue weighted by atomic mass is 10.0. The van der Waals surface area contributed by atoms with E-state index < -0.39 is 20.2 Å². The molecule has 0 spiro atoms. The summed E-state index contributed by atoms with van der Waals surface area (Å²) in [6.45, 7) is 4.88. The average Bonchev–Trinajstić information content (AvgIpc) is 3.80. The second-order valence-electron chi connectivity index (χ2n) is 15.5. The molecule has 0 aliphatic rings. The molecule has 5 aromatic carbocycles.